The highest BCUT2D eigenvalue weighted by Gasteiger charge is 2.07. The molecule has 11 heavy (non-hydrogen) atoms. The molecule has 0 saturated heterocycles. The van der Waals surface area contributed by atoms with E-state index < -0.39 is 5.97 Å². The quantitative estimate of drug-likeness (QED) is 0.563. The van der Waals surface area contributed by atoms with Crippen LogP contribution in [0.15, 0.2) is 0 Å². The molecule has 0 fully saturated rings. The molecule has 0 atom stereocenters. The van der Waals surface area contributed by atoms with Crippen LogP contribution in [0.25, 0.3) is 0 Å². The summed E-state index contributed by atoms with van der Waals surface area (Å²) in [6, 6.07) is 0. The van der Waals surface area contributed by atoms with Crippen molar-refractivity contribution in [1.82, 2.24) is 15.0 Å². The fourth-order valence-corrected chi connectivity index (χ4v) is 0.598. The number of nitrogens with zero attached hydrogens (tertiary/aromatic N) is 3. The van der Waals surface area contributed by atoms with E-state index in [1.54, 1.807) is 6.92 Å². The van der Waals surface area contributed by atoms with Crippen LogP contribution in [0.2, 0.25) is 0 Å². The average molecular weight is 154 g/mol. The lowest BCUT2D eigenvalue weighted by Gasteiger charge is -1.95. The molecule has 6 heteroatoms. The maximum Gasteiger partial charge on any atom is 0.374 e. The first-order valence-electron chi connectivity index (χ1n) is 2.81. The number of nitrogen functional groups attached to an aromatic ring is 1. The van der Waals surface area contributed by atoms with Crippen molar-refractivity contribution in [3.63, 3.8) is 0 Å². The molecule has 0 spiro atoms. The lowest BCUT2D eigenvalue weighted by atomic mass is 10.6. The Hall–Kier alpha value is -1.72. The molecule has 0 aliphatic carbocycles. The molecule has 0 bridgehead atoms. The van der Waals surface area contributed by atoms with Gasteiger partial charge in [0, 0.05) is 0 Å². The van der Waals surface area contributed by atoms with Crippen LogP contribution in [0, 0.1) is 6.92 Å². The SMILES string of the molecule is Cc1nc(N)nc(C(=O)O)n1. The van der Waals surface area contributed by atoms with Gasteiger partial charge in [0.2, 0.25) is 11.8 Å². The topological polar surface area (TPSA) is 102 Å². The Morgan fingerprint density at radius 3 is 2.55 bits per heavy atom. The highest BCUT2D eigenvalue weighted by Crippen LogP contribution is 1.95. The molecule has 1 aromatic rings. The molecule has 1 heterocycles. The summed E-state index contributed by atoms with van der Waals surface area (Å²) in [4.78, 5) is 20.8. The van der Waals surface area contributed by atoms with Gasteiger partial charge in [0.15, 0.2) is 0 Å². The summed E-state index contributed by atoms with van der Waals surface area (Å²) in [7, 11) is 0. The highest BCUT2D eigenvalue weighted by molar-refractivity contribution is 5.83. The van der Waals surface area contributed by atoms with Crippen LogP contribution in [-0.2, 0) is 0 Å². The molecule has 6 nitrogen and oxygen atoms in total. The van der Waals surface area contributed by atoms with E-state index in [0.29, 0.717) is 5.82 Å². The summed E-state index contributed by atoms with van der Waals surface area (Å²) >= 11 is 0. The minimum absolute atomic E-state index is 0.0742. The first-order valence-corrected chi connectivity index (χ1v) is 2.81. The second-order valence-electron chi connectivity index (χ2n) is 1.87. The van der Waals surface area contributed by atoms with Crippen LogP contribution in [0.4, 0.5) is 5.95 Å². The Morgan fingerprint density at radius 1 is 1.45 bits per heavy atom. The van der Waals surface area contributed by atoms with Gasteiger partial charge < -0.3 is 10.8 Å². The van der Waals surface area contributed by atoms with Crippen LogP contribution in [0.3, 0.4) is 0 Å². The highest BCUT2D eigenvalue weighted by atomic mass is 16.4. The van der Waals surface area contributed by atoms with Gasteiger partial charge >= 0.3 is 5.97 Å². The van der Waals surface area contributed by atoms with Crippen molar-refractivity contribution in [1.29, 1.82) is 0 Å². The largest absolute Gasteiger partial charge is 0.475 e. The van der Waals surface area contributed by atoms with Crippen molar-refractivity contribution in [2.75, 3.05) is 5.73 Å². The average Bonchev–Trinajstić information content (AvgIpc) is 1.85. The van der Waals surface area contributed by atoms with E-state index in [0.717, 1.165) is 0 Å². The number of carboxylic acids is 1. The second kappa shape index (κ2) is 2.49. The normalized spacial score (nSPS) is 9.55. The monoisotopic (exact) mass is 154 g/mol. The standard InChI is InChI=1S/C5H6N4O2/c1-2-7-3(4(10)11)9-5(6)8-2/h1H3,(H,10,11)(H2,6,7,8,9). The van der Waals surface area contributed by atoms with Gasteiger partial charge in [-0.3, -0.25) is 0 Å². The van der Waals surface area contributed by atoms with Crippen LogP contribution in [0.5, 0.6) is 0 Å². The van der Waals surface area contributed by atoms with Gasteiger partial charge in [0.05, 0.1) is 0 Å². The van der Waals surface area contributed by atoms with E-state index >= 15 is 0 Å². The van der Waals surface area contributed by atoms with Gasteiger partial charge in [-0.05, 0) is 6.92 Å². The van der Waals surface area contributed by atoms with E-state index in [2.05, 4.69) is 15.0 Å². The molecule has 1 rings (SSSR count). The maximum atomic E-state index is 10.3. The number of aromatic carboxylic acids is 1. The number of nitrogens with two attached hydrogens (primary N) is 1. The van der Waals surface area contributed by atoms with Crippen molar-refractivity contribution in [2.45, 2.75) is 6.92 Å². The van der Waals surface area contributed by atoms with Crippen molar-refractivity contribution in [3.05, 3.63) is 11.6 Å². The van der Waals surface area contributed by atoms with Gasteiger partial charge in [-0.1, -0.05) is 0 Å². The Balaban J connectivity index is 3.19. The first kappa shape index (κ1) is 7.39. The number of aryl methyl sites for hydroxylation is 1. The number of carboxylic acid groups (broad SMARTS) is 1. The third kappa shape index (κ3) is 1.60. The molecule has 1 aromatic heterocycles. The molecular formula is C5H6N4O2. The Bertz CT molecular complexity index is 278. The van der Waals surface area contributed by atoms with Gasteiger partial charge in [-0.2, -0.15) is 9.97 Å². The zero-order chi connectivity index (χ0) is 8.43. The zero-order valence-electron chi connectivity index (χ0n) is 5.77. The number of rotatable bonds is 1. The van der Waals surface area contributed by atoms with Crippen LogP contribution in [-0.4, -0.2) is 26.0 Å². The van der Waals surface area contributed by atoms with Gasteiger partial charge in [-0.15, -0.1) is 0 Å². The Labute approximate surface area is 62.1 Å². The molecule has 3 N–H and O–H groups in total. The Morgan fingerprint density at radius 2 is 2.09 bits per heavy atom. The van der Waals surface area contributed by atoms with Gasteiger partial charge in [-0.25, -0.2) is 9.78 Å². The van der Waals surface area contributed by atoms with Crippen molar-refractivity contribution < 1.29 is 9.90 Å². The molecular weight excluding hydrogens is 148 g/mol. The summed E-state index contributed by atoms with van der Waals surface area (Å²) < 4.78 is 0. The van der Waals surface area contributed by atoms with E-state index in [1.807, 2.05) is 0 Å². The van der Waals surface area contributed by atoms with E-state index in [4.69, 9.17) is 10.8 Å². The molecule has 0 radical (unpaired) electrons. The van der Waals surface area contributed by atoms with Crippen LogP contribution >= 0.6 is 0 Å². The lowest BCUT2D eigenvalue weighted by molar-refractivity contribution is 0.0683. The number of carbonyl (C=O) groups is 1. The van der Waals surface area contributed by atoms with Crippen LogP contribution < -0.4 is 5.73 Å². The molecule has 0 aliphatic heterocycles. The molecule has 0 aromatic carbocycles. The van der Waals surface area contributed by atoms with E-state index in [9.17, 15) is 4.79 Å². The molecule has 0 unspecified atom stereocenters. The smallest absolute Gasteiger partial charge is 0.374 e. The number of hydrogen-bond donors (Lipinski definition) is 2. The van der Waals surface area contributed by atoms with Crippen molar-refractivity contribution in [3.8, 4) is 0 Å². The number of aromatic nitrogens is 3. The molecule has 0 aliphatic rings. The molecule has 0 saturated carbocycles. The minimum atomic E-state index is -1.21. The van der Waals surface area contributed by atoms with Gasteiger partial charge in [0.25, 0.3) is 0 Å². The summed E-state index contributed by atoms with van der Waals surface area (Å²) in [5, 5.41) is 8.43. The third-order valence-corrected chi connectivity index (χ3v) is 0.956. The second-order valence-corrected chi connectivity index (χ2v) is 1.87. The first-order chi connectivity index (χ1) is 5.09. The minimum Gasteiger partial charge on any atom is -0.475 e. The fraction of sp³-hybridized carbons (Fsp3) is 0.200. The maximum absolute atomic E-state index is 10.3. The van der Waals surface area contributed by atoms with Gasteiger partial charge in [0.1, 0.15) is 5.82 Å². The number of hydrogen-bond acceptors (Lipinski definition) is 5. The summed E-state index contributed by atoms with van der Waals surface area (Å²) in [5.74, 6) is -1.30. The van der Waals surface area contributed by atoms with Crippen molar-refractivity contribution >= 4 is 11.9 Å². The summed E-state index contributed by atoms with van der Waals surface area (Å²) in [6.45, 7) is 1.55. The third-order valence-electron chi connectivity index (χ3n) is 0.956. The van der Waals surface area contributed by atoms with E-state index in [-0.39, 0.29) is 11.8 Å². The Kier molecular flexibility index (Phi) is 1.67. The summed E-state index contributed by atoms with van der Waals surface area (Å²) in [5.41, 5.74) is 5.17. The molecule has 58 valence electrons. The predicted molar refractivity (Wildman–Crippen MR) is 35.9 cm³/mol. The lowest BCUT2D eigenvalue weighted by Crippen LogP contribution is -2.09. The van der Waals surface area contributed by atoms with Crippen LogP contribution in [0.1, 0.15) is 16.4 Å². The predicted octanol–water partition coefficient (Wildman–Crippen LogP) is -0.540. The molecule has 0 amide bonds. The fourth-order valence-electron chi connectivity index (χ4n) is 0.598. The summed E-state index contributed by atoms with van der Waals surface area (Å²) in [6.07, 6.45) is 0. The number of anilines is 1. The van der Waals surface area contributed by atoms with Crippen molar-refractivity contribution in [2.24, 2.45) is 0 Å². The zero-order valence-corrected chi connectivity index (χ0v) is 5.77. The van der Waals surface area contributed by atoms with E-state index in [1.165, 1.54) is 0 Å².